The van der Waals surface area contributed by atoms with Crippen molar-refractivity contribution in [1.82, 2.24) is 5.32 Å². The standard InChI is InChI=1S/C15H20BrNO4/c1-8(2)13(15(19)20)17-12(18)7-21-14-9(3)5-11(16)6-10(14)4/h5-6,8,13H,7H2,1-4H3,(H,17,18)(H,19,20)/t13-/m1/s1. The molecule has 6 heteroatoms. The fourth-order valence-corrected chi connectivity index (χ4v) is 2.68. The molecular weight excluding hydrogens is 338 g/mol. The molecule has 0 aromatic heterocycles. The quantitative estimate of drug-likeness (QED) is 0.820. The number of carboxylic acid groups (broad SMARTS) is 1. The van der Waals surface area contributed by atoms with Gasteiger partial charge in [-0.1, -0.05) is 29.8 Å². The number of aryl methyl sites for hydroxylation is 2. The Labute approximate surface area is 132 Å². The van der Waals surface area contributed by atoms with Crippen LogP contribution in [0.25, 0.3) is 0 Å². The van der Waals surface area contributed by atoms with Crippen molar-refractivity contribution in [2.45, 2.75) is 33.7 Å². The van der Waals surface area contributed by atoms with E-state index in [-0.39, 0.29) is 12.5 Å². The summed E-state index contributed by atoms with van der Waals surface area (Å²) >= 11 is 3.39. The minimum atomic E-state index is -1.05. The number of carbonyl (C=O) groups is 2. The summed E-state index contributed by atoms with van der Waals surface area (Å²) in [7, 11) is 0. The fraction of sp³-hybridized carbons (Fsp3) is 0.467. The highest BCUT2D eigenvalue weighted by molar-refractivity contribution is 9.10. The Balaban J connectivity index is 2.67. The summed E-state index contributed by atoms with van der Waals surface area (Å²) in [6.07, 6.45) is 0. The molecule has 0 heterocycles. The lowest BCUT2D eigenvalue weighted by atomic mass is 10.1. The zero-order valence-electron chi connectivity index (χ0n) is 12.6. The van der Waals surface area contributed by atoms with E-state index in [1.54, 1.807) is 13.8 Å². The molecular formula is C15H20BrNO4. The van der Waals surface area contributed by atoms with Gasteiger partial charge in [0.15, 0.2) is 6.61 Å². The van der Waals surface area contributed by atoms with Crippen LogP contribution in [-0.4, -0.2) is 29.6 Å². The molecule has 1 aromatic carbocycles. The first kappa shape index (κ1) is 17.5. The van der Waals surface area contributed by atoms with Crippen molar-refractivity contribution in [2.24, 2.45) is 5.92 Å². The minimum absolute atomic E-state index is 0.192. The van der Waals surface area contributed by atoms with Crippen molar-refractivity contribution in [2.75, 3.05) is 6.61 Å². The lowest BCUT2D eigenvalue weighted by Gasteiger charge is -2.18. The summed E-state index contributed by atoms with van der Waals surface area (Å²) in [5.74, 6) is -1.04. The SMILES string of the molecule is Cc1cc(Br)cc(C)c1OCC(=O)N[C@@H](C(=O)O)C(C)C. The smallest absolute Gasteiger partial charge is 0.326 e. The third-order valence-corrected chi connectivity index (χ3v) is 3.48. The molecule has 5 nitrogen and oxygen atoms in total. The first-order valence-electron chi connectivity index (χ1n) is 6.64. The lowest BCUT2D eigenvalue weighted by Crippen LogP contribution is -2.46. The molecule has 116 valence electrons. The average Bonchev–Trinajstić information content (AvgIpc) is 2.33. The van der Waals surface area contributed by atoms with Crippen LogP contribution < -0.4 is 10.1 Å². The third kappa shape index (κ3) is 5.04. The summed E-state index contributed by atoms with van der Waals surface area (Å²) in [5.41, 5.74) is 1.82. The topological polar surface area (TPSA) is 75.6 Å². The maximum absolute atomic E-state index is 11.8. The van der Waals surface area contributed by atoms with Crippen molar-refractivity contribution in [3.63, 3.8) is 0 Å². The van der Waals surface area contributed by atoms with Gasteiger partial charge in [-0.3, -0.25) is 4.79 Å². The van der Waals surface area contributed by atoms with Crippen molar-refractivity contribution in [1.29, 1.82) is 0 Å². The van der Waals surface area contributed by atoms with Crippen molar-refractivity contribution < 1.29 is 19.4 Å². The number of nitrogens with one attached hydrogen (secondary N) is 1. The molecule has 0 aliphatic carbocycles. The van der Waals surface area contributed by atoms with Crippen LogP contribution in [0.4, 0.5) is 0 Å². The Morgan fingerprint density at radius 1 is 1.29 bits per heavy atom. The highest BCUT2D eigenvalue weighted by atomic mass is 79.9. The zero-order valence-corrected chi connectivity index (χ0v) is 14.2. The number of amides is 1. The highest BCUT2D eigenvalue weighted by Gasteiger charge is 2.23. The molecule has 0 bridgehead atoms. The molecule has 1 rings (SSSR count). The summed E-state index contributed by atoms with van der Waals surface area (Å²) < 4.78 is 6.46. The van der Waals surface area contributed by atoms with Crippen molar-refractivity contribution in [3.8, 4) is 5.75 Å². The number of ether oxygens (including phenoxy) is 1. The molecule has 0 spiro atoms. The summed E-state index contributed by atoms with van der Waals surface area (Å²) in [5, 5.41) is 11.5. The van der Waals surface area contributed by atoms with E-state index < -0.39 is 17.9 Å². The van der Waals surface area contributed by atoms with Gasteiger partial charge in [-0.2, -0.15) is 0 Å². The molecule has 0 fully saturated rings. The van der Waals surface area contributed by atoms with E-state index in [0.717, 1.165) is 15.6 Å². The van der Waals surface area contributed by atoms with E-state index in [0.29, 0.717) is 5.75 Å². The number of rotatable bonds is 6. The third-order valence-electron chi connectivity index (χ3n) is 3.02. The molecule has 0 aliphatic heterocycles. The van der Waals surface area contributed by atoms with Crippen LogP contribution >= 0.6 is 15.9 Å². The number of carboxylic acids is 1. The molecule has 0 unspecified atom stereocenters. The van der Waals surface area contributed by atoms with Gasteiger partial charge in [0.25, 0.3) is 5.91 Å². The molecule has 2 N–H and O–H groups in total. The van der Waals surface area contributed by atoms with Crippen LogP contribution in [0.2, 0.25) is 0 Å². The number of carbonyl (C=O) groups excluding carboxylic acids is 1. The summed E-state index contributed by atoms with van der Waals surface area (Å²) in [6, 6.07) is 2.89. The molecule has 1 aromatic rings. The van der Waals surface area contributed by atoms with Crippen molar-refractivity contribution >= 4 is 27.8 Å². The van der Waals surface area contributed by atoms with Gasteiger partial charge < -0.3 is 15.2 Å². The van der Waals surface area contributed by atoms with Gasteiger partial charge in [0.05, 0.1) is 0 Å². The summed E-state index contributed by atoms with van der Waals surface area (Å²) in [6.45, 7) is 7.05. The van der Waals surface area contributed by atoms with E-state index in [9.17, 15) is 9.59 Å². The molecule has 1 atom stereocenters. The largest absolute Gasteiger partial charge is 0.483 e. The maximum Gasteiger partial charge on any atom is 0.326 e. The van der Waals surface area contributed by atoms with Gasteiger partial charge in [-0.15, -0.1) is 0 Å². The van der Waals surface area contributed by atoms with Crippen LogP contribution in [0, 0.1) is 19.8 Å². The van der Waals surface area contributed by atoms with E-state index in [1.165, 1.54) is 0 Å². The fourth-order valence-electron chi connectivity index (χ4n) is 1.99. The zero-order chi connectivity index (χ0) is 16.2. The van der Waals surface area contributed by atoms with E-state index in [4.69, 9.17) is 9.84 Å². The average molecular weight is 358 g/mol. The number of hydrogen-bond acceptors (Lipinski definition) is 3. The van der Waals surface area contributed by atoms with Crippen LogP contribution in [0.5, 0.6) is 5.75 Å². The predicted octanol–water partition coefficient (Wildman–Crippen LogP) is 2.67. The van der Waals surface area contributed by atoms with Crippen LogP contribution in [0.15, 0.2) is 16.6 Å². The van der Waals surface area contributed by atoms with Gasteiger partial charge in [-0.05, 0) is 43.0 Å². The molecule has 1 amide bonds. The number of hydrogen-bond donors (Lipinski definition) is 2. The normalized spacial score (nSPS) is 12.1. The Bertz CT molecular complexity index is 519. The number of halogens is 1. The van der Waals surface area contributed by atoms with Gasteiger partial charge in [0.1, 0.15) is 11.8 Å². The second kappa shape index (κ2) is 7.45. The molecule has 0 aliphatic rings. The Kier molecular flexibility index (Phi) is 6.20. The van der Waals surface area contributed by atoms with Gasteiger partial charge >= 0.3 is 5.97 Å². The van der Waals surface area contributed by atoms with E-state index in [1.807, 2.05) is 26.0 Å². The molecule has 21 heavy (non-hydrogen) atoms. The maximum atomic E-state index is 11.8. The Morgan fingerprint density at radius 2 is 1.81 bits per heavy atom. The second-order valence-corrected chi connectivity index (χ2v) is 6.20. The first-order valence-corrected chi connectivity index (χ1v) is 7.43. The second-order valence-electron chi connectivity index (χ2n) is 5.28. The van der Waals surface area contributed by atoms with Crippen LogP contribution in [0.1, 0.15) is 25.0 Å². The monoisotopic (exact) mass is 357 g/mol. The minimum Gasteiger partial charge on any atom is -0.483 e. The van der Waals surface area contributed by atoms with E-state index in [2.05, 4.69) is 21.2 Å². The first-order chi connectivity index (χ1) is 9.72. The van der Waals surface area contributed by atoms with Gasteiger partial charge in [0, 0.05) is 4.47 Å². The lowest BCUT2D eigenvalue weighted by molar-refractivity contribution is -0.143. The van der Waals surface area contributed by atoms with Crippen LogP contribution in [-0.2, 0) is 9.59 Å². The van der Waals surface area contributed by atoms with Gasteiger partial charge in [0.2, 0.25) is 0 Å². The Hall–Kier alpha value is -1.56. The molecule has 0 radical (unpaired) electrons. The molecule has 0 saturated heterocycles. The molecule has 0 saturated carbocycles. The Morgan fingerprint density at radius 3 is 2.24 bits per heavy atom. The predicted molar refractivity (Wildman–Crippen MR) is 83.5 cm³/mol. The van der Waals surface area contributed by atoms with E-state index >= 15 is 0 Å². The van der Waals surface area contributed by atoms with Gasteiger partial charge in [-0.25, -0.2) is 4.79 Å². The number of benzene rings is 1. The van der Waals surface area contributed by atoms with Crippen molar-refractivity contribution in [3.05, 3.63) is 27.7 Å². The number of aliphatic carboxylic acids is 1. The summed E-state index contributed by atoms with van der Waals surface area (Å²) in [4.78, 5) is 22.9. The highest BCUT2D eigenvalue weighted by Crippen LogP contribution is 2.27. The van der Waals surface area contributed by atoms with Crippen LogP contribution in [0.3, 0.4) is 0 Å².